The van der Waals surface area contributed by atoms with Crippen LogP contribution in [0.1, 0.15) is 47.0 Å². The second-order valence-electron chi connectivity index (χ2n) is 5.28. The van der Waals surface area contributed by atoms with Crippen LogP contribution in [0.3, 0.4) is 0 Å². The molecule has 0 aliphatic rings. The number of hydrogen-bond donors (Lipinski definition) is 1. The van der Waals surface area contributed by atoms with Crippen LogP contribution in [0.4, 0.5) is 0 Å². The Bertz CT molecular complexity index is 122. The Morgan fingerprint density at radius 1 is 0.867 bits per heavy atom. The monoisotopic (exact) mass is 215 g/mol. The van der Waals surface area contributed by atoms with Crippen molar-refractivity contribution in [2.75, 3.05) is 26.2 Å². The molecule has 0 aliphatic heterocycles. The number of aliphatic hydroxyl groups is 1. The fourth-order valence-corrected chi connectivity index (χ4v) is 1.51. The molecule has 0 bridgehead atoms. The fraction of sp³-hybridized carbons (Fsp3) is 1.00. The Labute approximate surface area is 95.7 Å². The normalized spacial score (nSPS) is 12.0. The fourth-order valence-electron chi connectivity index (χ4n) is 1.51. The lowest BCUT2D eigenvalue weighted by Crippen LogP contribution is -2.29. The summed E-state index contributed by atoms with van der Waals surface area (Å²) in [5, 5.41) is 8.84. The van der Waals surface area contributed by atoms with Crippen molar-refractivity contribution >= 4 is 0 Å². The molecule has 0 aromatic rings. The van der Waals surface area contributed by atoms with Crippen LogP contribution in [0.2, 0.25) is 0 Å². The van der Waals surface area contributed by atoms with E-state index in [4.69, 9.17) is 5.11 Å². The molecule has 0 saturated carbocycles. The summed E-state index contributed by atoms with van der Waals surface area (Å²) in [5.41, 5.74) is 0. The minimum Gasteiger partial charge on any atom is -0.396 e. The maximum atomic E-state index is 8.84. The zero-order valence-electron chi connectivity index (χ0n) is 11.0. The van der Waals surface area contributed by atoms with Crippen molar-refractivity contribution in [2.45, 2.75) is 47.0 Å². The first-order chi connectivity index (χ1) is 7.06. The van der Waals surface area contributed by atoms with Crippen LogP contribution in [0.25, 0.3) is 0 Å². The minimum absolute atomic E-state index is 0.319. The van der Waals surface area contributed by atoms with Crippen molar-refractivity contribution in [3.63, 3.8) is 0 Å². The smallest absolute Gasteiger partial charge is 0.0443 e. The van der Waals surface area contributed by atoms with Gasteiger partial charge in [-0.15, -0.1) is 0 Å². The van der Waals surface area contributed by atoms with Crippen LogP contribution in [0, 0.1) is 11.8 Å². The summed E-state index contributed by atoms with van der Waals surface area (Å²) >= 11 is 0. The van der Waals surface area contributed by atoms with E-state index in [9.17, 15) is 0 Å². The molecule has 0 rings (SSSR count). The van der Waals surface area contributed by atoms with Crippen molar-refractivity contribution in [2.24, 2.45) is 11.8 Å². The zero-order valence-corrected chi connectivity index (χ0v) is 11.0. The summed E-state index contributed by atoms with van der Waals surface area (Å²) < 4.78 is 0. The highest BCUT2D eigenvalue weighted by Gasteiger charge is 2.06. The molecule has 0 amide bonds. The Balaban J connectivity index is 3.73. The molecule has 92 valence electrons. The van der Waals surface area contributed by atoms with Gasteiger partial charge in [0.05, 0.1) is 0 Å². The second kappa shape index (κ2) is 9.17. The van der Waals surface area contributed by atoms with E-state index in [2.05, 4.69) is 32.6 Å². The third-order valence-corrected chi connectivity index (χ3v) is 2.68. The highest BCUT2D eigenvalue weighted by atomic mass is 16.3. The quantitative estimate of drug-likeness (QED) is 0.639. The van der Waals surface area contributed by atoms with E-state index < -0.39 is 0 Å². The van der Waals surface area contributed by atoms with Crippen LogP contribution in [0.5, 0.6) is 0 Å². The average Bonchev–Trinajstić information content (AvgIpc) is 2.16. The Hall–Kier alpha value is -0.0800. The Morgan fingerprint density at radius 3 is 1.67 bits per heavy atom. The molecule has 0 aromatic carbocycles. The molecule has 0 radical (unpaired) electrons. The van der Waals surface area contributed by atoms with Crippen LogP contribution in [-0.4, -0.2) is 36.2 Å². The van der Waals surface area contributed by atoms with Gasteiger partial charge in [-0.1, -0.05) is 27.7 Å². The summed E-state index contributed by atoms with van der Waals surface area (Å²) in [7, 11) is 0. The van der Waals surface area contributed by atoms with E-state index in [0.29, 0.717) is 6.61 Å². The third-order valence-electron chi connectivity index (χ3n) is 2.68. The number of nitrogens with zero attached hydrogens (tertiary/aromatic N) is 1. The SMILES string of the molecule is CC(C)CCN(CCCO)CCC(C)C. The Kier molecular flexibility index (Phi) is 9.12. The standard InChI is InChI=1S/C13H29NO/c1-12(2)6-9-14(8-5-11-15)10-7-13(3)4/h12-13,15H,5-11H2,1-4H3. The van der Waals surface area contributed by atoms with Crippen molar-refractivity contribution < 1.29 is 5.11 Å². The lowest BCUT2D eigenvalue weighted by molar-refractivity contribution is 0.208. The molecule has 0 heterocycles. The van der Waals surface area contributed by atoms with Gasteiger partial charge in [0.15, 0.2) is 0 Å². The van der Waals surface area contributed by atoms with Gasteiger partial charge in [-0.25, -0.2) is 0 Å². The van der Waals surface area contributed by atoms with Gasteiger partial charge >= 0.3 is 0 Å². The molecule has 15 heavy (non-hydrogen) atoms. The van der Waals surface area contributed by atoms with Crippen LogP contribution < -0.4 is 0 Å². The Morgan fingerprint density at radius 2 is 1.33 bits per heavy atom. The van der Waals surface area contributed by atoms with Gasteiger partial charge < -0.3 is 10.0 Å². The number of aliphatic hydroxyl groups excluding tert-OH is 1. The molecular weight excluding hydrogens is 186 g/mol. The molecule has 2 heteroatoms. The first-order valence-electron chi connectivity index (χ1n) is 6.39. The average molecular weight is 215 g/mol. The largest absolute Gasteiger partial charge is 0.396 e. The van der Waals surface area contributed by atoms with Gasteiger partial charge in [-0.2, -0.15) is 0 Å². The molecule has 0 spiro atoms. The maximum Gasteiger partial charge on any atom is 0.0443 e. The number of hydrogen-bond acceptors (Lipinski definition) is 2. The highest BCUT2D eigenvalue weighted by Crippen LogP contribution is 2.06. The lowest BCUT2D eigenvalue weighted by atomic mass is 10.1. The predicted octanol–water partition coefficient (Wildman–Crippen LogP) is 2.76. The summed E-state index contributed by atoms with van der Waals surface area (Å²) in [6.07, 6.45) is 3.45. The van der Waals surface area contributed by atoms with E-state index >= 15 is 0 Å². The highest BCUT2D eigenvalue weighted by molar-refractivity contribution is 4.61. The summed E-state index contributed by atoms with van der Waals surface area (Å²) in [5.74, 6) is 1.56. The van der Waals surface area contributed by atoms with E-state index in [0.717, 1.165) is 24.8 Å². The van der Waals surface area contributed by atoms with Gasteiger partial charge in [-0.05, 0) is 44.2 Å². The van der Waals surface area contributed by atoms with E-state index in [1.165, 1.54) is 25.9 Å². The summed E-state index contributed by atoms with van der Waals surface area (Å²) in [6.45, 7) is 12.8. The topological polar surface area (TPSA) is 23.5 Å². The third kappa shape index (κ3) is 10.2. The molecule has 0 saturated heterocycles. The van der Waals surface area contributed by atoms with E-state index in [-0.39, 0.29) is 0 Å². The molecule has 0 fully saturated rings. The first kappa shape index (κ1) is 14.9. The van der Waals surface area contributed by atoms with Gasteiger partial charge in [0.1, 0.15) is 0 Å². The van der Waals surface area contributed by atoms with Crippen molar-refractivity contribution in [3.8, 4) is 0 Å². The summed E-state index contributed by atoms with van der Waals surface area (Å²) in [6, 6.07) is 0. The zero-order chi connectivity index (χ0) is 11.7. The lowest BCUT2D eigenvalue weighted by Gasteiger charge is -2.23. The van der Waals surface area contributed by atoms with Gasteiger partial charge in [0.25, 0.3) is 0 Å². The summed E-state index contributed by atoms with van der Waals surface area (Å²) in [4.78, 5) is 2.50. The van der Waals surface area contributed by atoms with Gasteiger partial charge in [0, 0.05) is 13.2 Å². The van der Waals surface area contributed by atoms with Crippen molar-refractivity contribution in [1.82, 2.24) is 4.90 Å². The molecule has 0 aromatic heterocycles. The second-order valence-corrected chi connectivity index (χ2v) is 5.28. The van der Waals surface area contributed by atoms with Crippen molar-refractivity contribution in [1.29, 1.82) is 0 Å². The molecule has 0 aliphatic carbocycles. The van der Waals surface area contributed by atoms with Crippen LogP contribution in [0.15, 0.2) is 0 Å². The van der Waals surface area contributed by atoms with Gasteiger partial charge in [0.2, 0.25) is 0 Å². The van der Waals surface area contributed by atoms with Crippen LogP contribution in [-0.2, 0) is 0 Å². The number of rotatable bonds is 9. The van der Waals surface area contributed by atoms with Crippen molar-refractivity contribution in [3.05, 3.63) is 0 Å². The maximum absolute atomic E-state index is 8.84. The van der Waals surface area contributed by atoms with Crippen LogP contribution >= 0.6 is 0 Å². The van der Waals surface area contributed by atoms with Gasteiger partial charge in [-0.3, -0.25) is 0 Å². The van der Waals surface area contributed by atoms with E-state index in [1.54, 1.807) is 0 Å². The minimum atomic E-state index is 0.319. The first-order valence-corrected chi connectivity index (χ1v) is 6.39. The van der Waals surface area contributed by atoms with E-state index in [1.807, 2.05) is 0 Å². The predicted molar refractivity (Wildman–Crippen MR) is 67.1 cm³/mol. The molecular formula is C13H29NO. The molecule has 0 atom stereocenters. The molecule has 1 N–H and O–H groups in total. The molecule has 2 nitrogen and oxygen atoms in total. The molecule has 0 unspecified atom stereocenters.